The third-order valence-corrected chi connectivity index (χ3v) is 8.08. The summed E-state index contributed by atoms with van der Waals surface area (Å²) in [6.07, 6.45) is -7.94. The van der Waals surface area contributed by atoms with Crippen LogP contribution in [-0.2, 0) is 28.5 Å². The number of aliphatic hydroxyl groups excluding tert-OH is 1. The van der Waals surface area contributed by atoms with Gasteiger partial charge in [-0.1, -0.05) is 18.2 Å². The number of pyridine rings is 1. The first-order valence-corrected chi connectivity index (χ1v) is 13.9. The van der Waals surface area contributed by atoms with E-state index in [1.807, 2.05) is 0 Å². The lowest BCUT2D eigenvalue weighted by atomic mass is 9.90. The SMILES string of the molecule is COc1cccc(CN2C(=O)C(C(=O)Nc3ccc(C(F)(F)F)cc3-c3ccc(C(F)(F)F)nc3)=C(O)[C@@]3(C)CCCN23)c1OC. The number of fused-ring (bicyclic) bond motifs is 1. The number of hydrogen-bond donors (Lipinski definition) is 2. The summed E-state index contributed by atoms with van der Waals surface area (Å²) >= 11 is 0. The number of alkyl halides is 6. The number of anilines is 1. The van der Waals surface area contributed by atoms with Crippen LogP contribution in [-0.4, -0.2) is 58.2 Å². The minimum Gasteiger partial charge on any atom is -0.509 e. The molecule has 5 rings (SSSR count). The largest absolute Gasteiger partial charge is 0.509 e. The fourth-order valence-corrected chi connectivity index (χ4v) is 5.76. The van der Waals surface area contributed by atoms with Crippen molar-refractivity contribution in [1.29, 1.82) is 0 Å². The van der Waals surface area contributed by atoms with Crippen molar-refractivity contribution in [3.05, 3.63) is 82.9 Å². The first-order chi connectivity index (χ1) is 21.6. The number of aliphatic hydroxyl groups is 1. The predicted molar refractivity (Wildman–Crippen MR) is 152 cm³/mol. The summed E-state index contributed by atoms with van der Waals surface area (Å²) in [5.41, 5.74) is -4.41. The van der Waals surface area contributed by atoms with Crippen LogP contribution in [0.5, 0.6) is 11.5 Å². The number of aromatic nitrogens is 1. The minimum absolute atomic E-state index is 0.0817. The molecule has 3 aromatic rings. The van der Waals surface area contributed by atoms with Gasteiger partial charge >= 0.3 is 12.4 Å². The molecule has 0 radical (unpaired) electrons. The van der Waals surface area contributed by atoms with Gasteiger partial charge in [0.15, 0.2) is 11.5 Å². The van der Waals surface area contributed by atoms with E-state index in [1.165, 1.54) is 19.2 Å². The first-order valence-electron chi connectivity index (χ1n) is 13.9. The molecule has 2 amide bonds. The predicted octanol–water partition coefficient (Wildman–Crippen LogP) is 6.37. The zero-order valence-electron chi connectivity index (χ0n) is 24.7. The highest BCUT2D eigenvalue weighted by molar-refractivity contribution is 6.24. The Morgan fingerprint density at radius 1 is 1.04 bits per heavy atom. The smallest absolute Gasteiger partial charge is 0.433 e. The molecule has 1 fully saturated rings. The Balaban J connectivity index is 1.54. The van der Waals surface area contributed by atoms with Crippen molar-refractivity contribution in [3.63, 3.8) is 0 Å². The van der Waals surface area contributed by atoms with E-state index in [0.29, 0.717) is 54.6 Å². The molecule has 0 unspecified atom stereocenters. The molecule has 1 saturated heterocycles. The van der Waals surface area contributed by atoms with Crippen molar-refractivity contribution in [2.45, 2.75) is 44.2 Å². The molecule has 1 atom stereocenters. The Hall–Kier alpha value is -4.79. The van der Waals surface area contributed by atoms with Crippen molar-refractivity contribution in [2.24, 2.45) is 0 Å². The molecule has 15 heteroatoms. The van der Waals surface area contributed by atoms with E-state index < -0.39 is 52.3 Å². The Morgan fingerprint density at radius 3 is 2.39 bits per heavy atom. The summed E-state index contributed by atoms with van der Waals surface area (Å²) in [5, 5.41) is 16.7. The van der Waals surface area contributed by atoms with Gasteiger partial charge in [0.25, 0.3) is 11.8 Å². The molecule has 2 aromatic carbocycles. The zero-order chi connectivity index (χ0) is 33.6. The van der Waals surface area contributed by atoms with Gasteiger partial charge < -0.3 is 19.9 Å². The second kappa shape index (κ2) is 11.9. The Morgan fingerprint density at radius 2 is 1.78 bits per heavy atom. The third-order valence-electron chi connectivity index (χ3n) is 8.08. The standard InChI is InChI=1S/C31H28F6N4O5/c1-29-12-5-13-41(29)40(16-18-6-4-7-22(45-2)25(18)46-3)28(44)24(26(29)42)27(43)39-21-10-9-19(30(32,33)34)14-20(21)17-8-11-23(38-15-17)31(35,36)37/h4,6-11,14-15,42H,5,12-13,16H2,1-3H3,(H,39,43)/t29-/m1/s1. The maximum absolute atomic E-state index is 14.0. The summed E-state index contributed by atoms with van der Waals surface area (Å²) in [7, 11) is 2.88. The number of hydrazine groups is 1. The first kappa shape index (κ1) is 32.6. The average Bonchev–Trinajstić information content (AvgIpc) is 3.41. The van der Waals surface area contributed by atoms with Crippen LogP contribution in [0.1, 0.15) is 36.6 Å². The number of benzene rings is 2. The number of carbonyl (C=O) groups excluding carboxylic acids is 2. The number of hydrogen-bond acceptors (Lipinski definition) is 7. The van der Waals surface area contributed by atoms with Crippen LogP contribution in [0.2, 0.25) is 0 Å². The van der Waals surface area contributed by atoms with Crippen LogP contribution >= 0.6 is 0 Å². The van der Waals surface area contributed by atoms with Crippen LogP contribution in [0.4, 0.5) is 32.0 Å². The topological polar surface area (TPSA) is 104 Å². The molecular weight excluding hydrogens is 622 g/mol. The molecule has 0 bridgehead atoms. The number of ether oxygens (including phenoxy) is 2. The van der Waals surface area contributed by atoms with Crippen LogP contribution in [0, 0.1) is 0 Å². The average molecular weight is 651 g/mol. The lowest BCUT2D eigenvalue weighted by Gasteiger charge is -2.46. The molecule has 1 aromatic heterocycles. The molecule has 0 saturated carbocycles. The maximum atomic E-state index is 14.0. The molecule has 0 aliphatic carbocycles. The molecule has 244 valence electrons. The van der Waals surface area contributed by atoms with E-state index in [0.717, 1.165) is 18.3 Å². The van der Waals surface area contributed by atoms with E-state index in [1.54, 1.807) is 30.1 Å². The number of para-hydroxylation sites is 1. The number of amides is 2. The van der Waals surface area contributed by atoms with E-state index in [2.05, 4.69) is 10.3 Å². The molecule has 9 nitrogen and oxygen atoms in total. The monoisotopic (exact) mass is 650 g/mol. The number of nitrogens with zero attached hydrogens (tertiary/aromatic N) is 3. The highest BCUT2D eigenvalue weighted by atomic mass is 19.4. The summed E-state index contributed by atoms with van der Waals surface area (Å²) in [6, 6.07) is 8.82. The van der Waals surface area contributed by atoms with Gasteiger partial charge in [-0.3, -0.25) is 19.6 Å². The normalized spacial score (nSPS) is 18.9. The number of rotatable bonds is 7. The highest BCUT2D eigenvalue weighted by Gasteiger charge is 2.53. The van der Waals surface area contributed by atoms with Crippen LogP contribution in [0.15, 0.2) is 66.1 Å². The second-order valence-electron chi connectivity index (χ2n) is 10.9. The Bertz CT molecular complexity index is 1710. The number of halogens is 6. The fourth-order valence-electron chi connectivity index (χ4n) is 5.76. The minimum atomic E-state index is -4.82. The summed E-state index contributed by atoms with van der Waals surface area (Å²) in [4.78, 5) is 31.0. The van der Waals surface area contributed by atoms with E-state index in [4.69, 9.17) is 9.47 Å². The fraction of sp³-hybridized carbons (Fsp3) is 0.323. The summed E-state index contributed by atoms with van der Waals surface area (Å²) in [6.45, 7) is 1.95. The van der Waals surface area contributed by atoms with E-state index >= 15 is 0 Å². The van der Waals surface area contributed by atoms with E-state index in [-0.39, 0.29) is 23.4 Å². The highest BCUT2D eigenvalue weighted by Crippen LogP contribution is 2.43. The maximum Gasteiger partial charge on any atom is 0.433 e. The van der Waals surface area contributed by atoms with Crippen molar-refractivity contribution < 1.29 is 50.5 Å². The van der Waals surface area contributed by atoms with Gasteiger partial charge in [0.1, 0.15) is 17.0 Å². The quantitative estimate of drug-likeness (QED) is 0.226. The van der Waals surface area contributed by atoms with E-state index in [9.17, 15) is 41.0 Å². The number of carbonyl (C=O) groups is 2. The van der Waals surface area contributed by atoms with Crippen LogP contribution in [0.25, 0.3) is 11.1 Å². The third kappa shape index (κ3) is 5.82. The Kier molecular flexibility index (Phi) is 8.40. The Labute approximate surface area is 259 Å². The summed E-state index contributed by atoms with van der Waals surface area (Å²) < 4.78 is 91.0. The van der Waals surface area contributed by atoms with Gasteiger partial charge in [-0.15, -0.1) is 0 Å². The van der Waals surface area contributed by atoms with Gasteiger partial charge in [-0.25, -0.2) is 5.01 Å². The number of nitrogens with one attached hydrogen (secondary N) is 1. The molecule has 2 aliphatic heterocycles. The second-order valence-corrected chi connectivity index (χ2v) is 10.9. The lowest BCUT2D eigenvalue weighted by Crippen LogP contribution is -2.60. The molecule has 2 N–H and O–H groups in total. The lowest BCUT2D eigenvalue weighted by molar-refractivity contribution is -0.160. The van der Waals surface area contributed by atoms with Crippen molar-refractivity contribution in [1.82, 2.24) is 15.0 Å². The molecule has 2 aliphatic rings. The van der Waals surface area contributed by atoms with Crippen molar-refractivity contribution in [2.75, 3.05) is 26.1 Å². The number of methoxy groups -OCH3 is 2. The van der Waals surface area contributed by atoms with Crippen molar-refractivity contribution in [3.8, 4) is 22.6 Å². The van der Waals surface area contributed by atoms with Gasteiger partial charge in [-0.2, -0.15) is 26.3 Å². The molecule has 46 heavy (non-hydrogen) atoms. The van der Waals surface area contributed by atoms with Crippen LogP contribution < -0.4 is 14.8 Å². The molecule has 0 spiro atoms. The van der Waals surface area contributed by atoms with Gasteiger partial charge in [0.05, 0.1) is 31.9 Å². The molecular formula is C31H28F6N4O5. The van der Waals surface area contributed by atoms with Gasteiger partial charge in [-0.05, 0) is 50.1 Å². The van der Waals surface area contributed by atoms with Gasteiger partial charge in [0, 0.05) is 35.1 Å². The zero-order valence-corrected chi connectivity index (χ0v) is 24.7. The summed E-state index contributed by atoms with van der Waals surface area (Å²) in [5.74, 6) is -1.78. The van der Waals surface area contributed by atoms with Gasteiger partial charge in [0.2, 0.25) is 0 Å². The van der Waals surface area contributed by atoms with Crippen molar-refractivity contribution >= 4 is 17.5 Å². The van der Waals surface area contributed by atoms with Crippen LogP contribution in [0.3, 0.4) is 0 Å². The molecule has 3 heterocycles.